The van der Waals surface area contributed by atoms with Crippen LogP contribution in [0.3, 0.4) is 0 Å². The standard InChI is InChI=1S/C21H23FN6O3S/c22-16-2-1-3-17(11-16)27-21-12-20(25-14-26-21)24-13-15-10-18(32(23,29)30)4-5-19(15)28-6-8-31-9-7-28/h1-5,10-12,14H,6-9,13H2,(H2,23,29,30)(H2,24,25,26,27). The molecule has 2 heterocycles. The summed E-state index contributed by atoms with van der Waals surface area (Å²) in [5.74, 6) is 0.653. The number of benzene rings is 2. The molecule has 4 rings (SSSR count). The fourth-order valence-electron chi connectivity index (χ4n) is 3.42. The van der Waals surface area contributed by atoms with Crippen molar-refractivity contribution in [1.82, 2.24) is 9.97 Å². The summed E-state index contributed by atoms with van der Waals surface area (Å²) in [5.41, 5.74) is 2.22. The van der Waals surface area contributed by atoms with E-state index in [2.05, 4.69) is 25.5 Å². The van der Waals surface area contributed by atoms with Crippen LogP contribution in [-0.4, -0.2) is 44.7 Å². The molecule has 0 amide bonds. The molecule has 0 saturated carbocycles. The second-order valence-electron chi connectivity index (χ2n) is 7.21. The van der Waals surface area contributed by atoms with Crippen LogP contribution in [0.25, 0.3) is 0 Å². The lowest BCUT2D eigenvalue weighted by molar-refractivity contribution is 0.122. The van der Waals surface area contributed by atoms with Gasteiger partial charge in [-0.15, -0.1) is 0 Å². The van der Waals surface area contributed by atoms with Gasteiger partial charge in [-0.1, -0.05) is 6.07 Å². The van der Waals surface area contributed by atoms with Crippen LogP contribution >= 0.6 is 0 Å². The van der Waals surface area contributed by atoms with Crippen LogP contribution in [0.1, 0.15) is 5.56 Å². The van der Waals surface area contributed by atoms with E-state index in [0.717, 1.165) is 11.3 Å². The lowest BCUT2D eigenvalue weighted by Gasteiger charge is -2.31. The summed E-state index contributed by atoms with van der Waals surface area (Å²) < 4.78 is 42.5. The molecule has 0 atom stereocenters. The van der Waals surface area contributed by atoms with Gasteiger partial charge in [-0.3, -0.25) is 0 Å². The molecule has 0 radical (unpaired) electrons. The number of nitrogens with one attached hydrogen (secondary N) is 2. The van der Waals surface area contributed by atoms with E-state index in [-0.39, 0.29) is 10.7 Å². The van der Waals surface area contributed by atoms with E-state index in [1.54, 1.807) is 30.3 Å². The number of morpholine rings is 1. The van der Waals surface area contributed by atoms with Crippen molar-refractivity contribution in [2.75, 3.05) is 41.8 Å². The van der Waals surface area contributed by atoms with Gasteiger partial charge >= 0.3 is 0 Å². The molecule has 1 aromatic heterocycles. The Morgan fingerprint density at radius 1 is 1.06 bits per heavy atom. The molecular formula is C21H23FN6O3S. The molecule has 32 heavy (non-hydrogen) atoms. The molecule has 4 N–H and O–H groups in total. The van der Waals surface area contributed by atoms with Gasteiger partial charge in [0.15, 0.2) is 0 Å². The third-order valence-corrected chi connectivity index (χ3v) is 5.87. The number of hydrogen-bond acceptors (Lipinski definition) is 8. The molecule has 0 spiro atoms. The lowest BCUT2D eigenvalue weighted by Crippen LogP contribution is -2.37. The Balaban J connectivity index is 1.54. The van der Waals surface area contributed by atoms with E-state index in [0.29, 0.717) is 50.2 Å². The maximum Gasteiger partial charge on any atom is 0.238 e. The highest BCUT2D eigenvalue weighted by atomic mass is 32.2. The second kappa shape index (κ2) is 9.47. The predicted octanol–water partition coefficient (Wildman–Crippen LogP) is 2.46. The highest BCUT2D eigenvalue weighted by Crippen LogP contribution is 2.26. The summed E-state index contributed by atoms with van der Waals surface area (Å²) in [5, 5.41) is 11.6. The van der Waals surface area contributed by atoms with E-state index in [4.69, 9.17) is 9.88 Å². The van der Waals surface area contributed by atoms with Crippen molar-refractivity contribution in [3.05, 3.63) is 66.2 Å². The SMILES string of the molecule is NS(=O)(=O)c1ccc(N2CCOCC2)c(CNc2cc(Nc3cccc(F)c3)ncn2)c1. The van der Waals surface area contributed by atoms with Crippen molar-refractivity contribution in [1.29, 1.82) is 0 Å². The molecule has 1 aliphatic rings. The monoisotopic (exact) mass is 458 g/mol. The zero-order valence-corrected chi connectivity index (χ0v) is 18.0. The van der Waals surface area contributed by atoms with Crippen molar-refractivity contribution in [3.8, 4) is 0 Å². The van der Waals surface area contributed by atoms with Crippen molar-refractivity contribution >= 4 is 33.0 Å². The molecule has 1 saturated heterocycles. The summed E-state index contributed by atoms with van der Waals surface area (Å²) in [6.07, 6.45) is 1.38. The number of nitrogens with two attached hydrogens (primary N) is 1. The van der Waals surface area contributed by atoms with E-state index in [9.17, 15) is 12.8 Å². The van der Waals surface area contributed by atoms with E-state index >= 15 is 0 Å². The largest absolute Gasteiger partial charge is 0.378 e. The summed E-state index contributed by atoms with van der Waals surface area (Å²) in [6.45, 7) is 2.93. The van der Waals surface area contributed by atoms with E-state index < -0.39 is 10.0 Å². The number of halogens is 1. The predicted molar refractivity (Wildman–Crippen MR) is 120 cm³/mol. The first kappa shape index (κ1) is 21.9. The highest BCUT2D eigenvalue weighted by Gasteiger charge is 2.18. The molecule has 0 aliphatic carbocycles. The molecule has 0 bridgehead atoms. The van der Waals surface area contributed by atoms with Gasteiger partial charge in [-0.25, -0.2) is 27.9 Å². The fraction of sp³-hybridized carbons (Fsp3) is 0.238. The number of rotatable bonds is 7. The number of anilines is 4. The van der Waals surface area contributed by atoms with Gasteiger partial charge in [0.25, 0.3) is 0 Å². The molecule has 168 valence electrons. The minimum absolute atomic E-state index is 0.0439. The molecule has 9 nitrogen and oxygen atoms in total. The molecule has 2 aromatic carbocycles. The van der Waals surface area contributed by atoms with Crippen LogP contribution < -0.4 is 20.7 Å². The minimum Gasteiger partial charge on any atom is -0.378 e. The van der Waals surface area contributed by atoms with Gasteiger partial charge < -0.3 is 20.3 Å². The normalized spacial score (nSPS) is 14.2. The minimum atomic E-state index is -3.84. The third kappa shape index (κ3) is 5.49. The number of hydrogen-bond donors (Lipinski definition) is 3. The summed E-state index contributed by atoms with van der Waals surface area (Å²) in [4.78, 5) is 10.6. The van der Waals surface area contributed by atoms with Gasteiger partial charge in [-0.2, -0.15) is 0 Å². The van der Waals surface area contributed by atoms with Crippen LogP contribution in [0.5, 0.6) is 0 Å². The van der Waals surface area contributed by atoms with Crippen LogP contribution in [0.4, 0.5) is 27.4 Å². The molecule has 0 unspecified atom stereocenters. The van der Waals surface area contributed by atoms with Crippen LogP contribution in [0.2, 0.25) is 0 Å². The zero-order valence-electron chi connectivity index (χ0n) is 17.2. The maximum absolute atomic E-state index is 13.4. The Hall–Kier alpha value is -3.28. The molecule has 1 aliphatic heterocycles. The van der Waals surface area contributed by atoms with Crippen LogP contribution in [-0.2, 0) is 21.3 Å². The van der Waals surface area contributed by atoms with Crippen LogP contribution in [0.15, 0.2) is 59.8 Å². The number of ether oxygens (including phenoxy) is 1. The van der Waals surface area contributed by atoms with E-state index in [1.807, 2.05) is 0 Å². The van der Waals surface area contributed by atoms with Crippen LogP contribution in [0, 0.1) is 5.82 Å². The van der Waals surface area contributed by atoms with Crippen molar-refractivity contribution in [2.24, 2.45) is 5.14 Å². The zero-order chi connectivity index (χ0) is 22.6. The number of primary sulfonamides is 1. The van der Waals surface area contributed by atoms with Gasteiger partial charge in [0.2, 0.25) is 10.0 Å². The molecule has 11 heteroatoms. The van der Waals surface area contributed by atoms with Crippen molar-refractivity contribution < 1.29 is 17.5 Å². The topological polar surface area (TPSA) is 122 Å². The molecule has 1 fully saturated rings. The van der Waals surface area contributed by atoms with Gasteiger partial charge in [0.1, 0.15) is 23.8 Å². The van der Waals surface area contributed by atoms with Gasteiger partial charge in [0, 0.05) is 37.1 Å². The second-order valence-corrected chi connectivity index (χ2v) is 8.77. The van der Waals surface area contributed by atoms with Crippen molar-refractivity contribution in [3.63, 3.8) is 0 Å². The molecule has 3 aromatic rings. The average Bonchev–Trinajstić information content (AvgIpc) is 2.78. The van der Waals surface area contributed by atoms with Gasteiger partial charge in [-0.05, 0) is 42.0 Å². The summed E-state index contributed by atoms with van der Waals surface area (Å²) in [6, 6.07) is 12.6. The Morgan fingerprint density at radius 3 is 2.59 bits per heavy atom. The van der Waals surface area contributed by atoms with E-state index in [1.165, 1.54) is 24.5 Å². The number of sulfonamides is 1. The summed E-state index contributed by atoms with van der Waals surface area (Å²) in [7, 11) is -3.84. The average molecular weight is 459 g/mol. The number of nitrogens with zero attached hydrogens (tertiary/aromatic N) is 3. The Labute approximate surface area is 185 Å². The first-order valence-corrected chi connectivity index (χ1v) is 11.5. The quantitative estimate of drug-likeness (QED) is 0.494. The first-order chi connectivity index (χ1) is 15.4. The third-order valence-electron chi connectivity index (χ3n) is 4.96. The maximum atomic E-state index is 13.4. The highest BCUT2D eigenvalue weighted by molar-refractivity contribution is 7.89. The Morgan fingerprint density at radius 2 is 1.84 bits per heavy atom. The first-order valence-electron chi connectivity index (χ1n) is 9.95. The summed E-state index contributed by atoms with van der Waals surface area (Å²) >= 11 is 0. The van der Waals surface area contributed by atoms with Crippen molar-refractivity contribution in [2.45, 2.75) is 11.4 Å². The van der Waals surface area contributed by atoms with Gasteiger partial charge in [0.05, 0.1) is 18.1 Å². The number of aromatic nitrogens is 2. The fourth-order valence-corrected chi connectivity index (χ4v) is 3.98. The lowest BCUT2D eigenvalue weighted by atomic mass is 10.1. The Bertz CT molecular complexity index is 1200. The molecular weight excluding hydrogens is 435 g/mol. The smallest absolute Gasteiger partial charge is 0.238 e. The Kier molecular flexibility index (Phi) is 6.49.